The Kier molecular flexibility index (Phi) is 5.11. The van der Waals surface area contributed by atoms with Gasteiger partial charge in [-0.05, 0) is 35.9 Å². The van der Waals surface area contributed by atoms with E-state index in [2.05, 4.69) is 5.32 Å². The molecule has 0 atom stereocenters. The van der Waals surface area contributed by atoms with E-state index in [1.807, 2.05) is 0 Å². The van der Waals surface area contributed by atoms with Crippen molar-refractivity contribution in [3.8, 4) is 0 Å². The van der Waals surface area contributed by atoms with Crippen LogP contribution in [0.3, 0.4) is 0 Å². The van der Waals surface area contributed by atoms with Gasteiger partial charge in [-0.15, -0.1) is 0 Å². The molecule has 0 heterocycles. The van der Waals surface area contributed by atoms with Crippen LogP contribution < -0.4 is 5.32 Å². The fourth-order valence-electron chi connectivity index (χ4n) is 1.93. The van der Waals surface area contributed by atoms with Crippen molar-refractivity contribution in [3.63, 3.8) is 0 Å². The summed E-state index contributed by atoms with van der Waals surface area (Å²) < 4.78 is 22.6. The minimum atomic E-state index is -3.16. The SMILES string of the molecule is CS(=O)(=O)Cc1cccc(C(=O)Nc2cc(Cl)cc(Cl)c2)c1. The summed E-state index contributed by atoms with van der Waals surface area (Å²) in [5.74, 6) is -0.481. The molecule has 0 saturated carbocycles. The van der Waals surface area contributed by atoms with Gasteiger partial charge < -0.3 is 5.32 Å². The second kappa shape index (κ2) is 6.69. The summed E-state index contributed by atoms with van der Waals surface area (Å²) in [5.41, 5.74) is 1.38. The van der Waals surface area contributed by atoms with Crippen molar-refractivity contribution < 1.29 is 13.2 Å². The molecule has 0 fully saturated rings. The van der Waals surface area contributed by atoms with E-state index in [4.69, 9.17) is 23.2 Å². The molecule has 0 unspecified atom stereocenters. The van der Waals surface area contributed by atoms with Gasteiger partial charge in [0.05, 0.1) is 5.75 Å². The second-order valence-corrected chi connectivity index (χ2v) is 7.90. The Morgan fingerprint density at radius 3 is 2.32 bits per heavy atom. The van der Waals surface area contributed by atoms with Crippen LogP contribution in [0.1, 0.15) is 15.9 Å². The average Bonchev–Trinajstić information content (AvgIpc) is 2.35. The number of amides is 1. The van der Waals surface area contributed by atoms with E-state index in [9.17, 15) is 13.2 Å². The molecule has 0 radical (unpaired) electrons. The maximum atomic E-state index is 12.2. The van der Waals surface area contributed by atoms with Gasteiger partial charge in [0.25, 0.3) is 5.91 Å². The number of nitrogens with one attached hydrogen (secondary N) is 1. The molecular formula is C15H13Cl2NO3S. The summed E-state index contributed by atoms with van der Waals surface area (Å²) in [6.45, 7) is 0. The van der Waals surface area contributed by atoms with Gasteiger partial charge in [-0.1, -0.05) is 35.3 Å². The topological polar surface area (TPSA) is 63.2 Å². The molecular weight excluding hydrogens is 345 g/mol. The van der Waals surface area contributed by atoms with Crippen molar-refractivity contribution in [2.75, 3.05) is 11.6 Å². The van der Waals surface area contributed by atoms with E-state index in [1.54, 1.807) is 42.5 Å². The molecule has 2 rings (SSSR count). The maximum Gasteiger partial charge on any atom is 0.255 e. The summed E-state index contributed by atoms with van der Waals surface area (Å²) in [4.78, 5) is 12.2. The Hall–Kier alpha value is -1.56. The minimum Gasteiger partial charge on any atom is -0.322 e. The summed E-state index contributed by atoms with van der Waals surface area (Å²) >= 11 is 11.8. The molecule has 0 spiro atoms. The van der Waals surface area contributed by atoms with Gasteiger partial charge >= 0.3 is 0 Å². The third-order valence-electron chi connectivity index (χ3n) is 2.74. The van der Waals surface area contributed by atoms with Gasteiger partial charge in [-0.2, -0.15) is 0 Å². The normalized spacial score (nSPS) is 11.2. The van der Waals surface area contributed by atoms with Crippen LogP contribution in [-0.4, -0.2) is 20.6 Å². The second-order valence-electron chi connectivity index (χ2n) is 4.88. The standard InChI is InChI=1S/C15H13Cl2NO3S/c1-22(20,21)9-10-3-2-4-11(5-10)15(19)18-14-7-12(16)6-13(17)8-14/h2-8H,9H2,1H3,(H,18,19). The first-order valence-electron chi connectivity index (χ1n) is 6.27. The molecule has 2 aromatic carbocycles. The number of anilines is 1. The fraction of sp³-hybridized carbons (Fsp3) is 0.133. The van der Waals surface area contributed by atoms with Crippen LogP contribution in [0.15, 0.2) is 42.5 Å². The highest BCUT2D eigenvalue weighted by Gasteiger charge is 2.10. The minimum absolute atomic E-state index is 0.114. The molecule has 22 heavy (non-hydrogen) atoms. The number of hydrogen-bond acceptors (Lipinski definition) is 3. The van der Waals surface area contributed by atoms with Crippen LogP contribution in [0.25, 0.3) is 0 Å². The molecule has 116 valence electrons. The van der Waals surface area contributed by atoms with E-state index in [0.29, 0.717) is 26.9 Å². The van der Waals surface area contributed by atoms with Gasteiger partial charge in [0, 0.05) is 27.6 Å². The lowest BCUT2D eigenvalue weighted by Gasteiger charge is -2.08. The molecule has 1 N–H and O–H groups in total. The zero-order chi connectivity index (χ0) is 16.3. The number of carbonyl (C=O) groups excluding carboxylic acids is 1. The van der Waals surface area contributed by atoms with Gasteiger partial charge in [0.15, 0.2) is 9.84 Å². The lowest BCUT2D eigenvalue weighted by atomic mass is 10.1. The van der Waals surface area contributed by atoms with Crippen molar-refractivity contribution in [1.29, 1.82) is 0 Å². The number of rotatable bonds is 4. The molecule has 0 aliphatic carbocycles. The number of carbonyl (C=O) groups is 1. The van der Waals surface area contributed by atoms with Crippen LogP contribution >= 0.6 is 23.2 Å². The Balaban J connectivity index is 2.21. The molecule has 2 aromatic rings. The van der Waals surface area contributed by atoms with Crippen molar-refractivity contribution in [3.05, 3.63) is 63.6 Å². The van der Waals surface area contributed by atoms with Crippen LogP contribution in [0.5, 0.6) is 0 Å². The first-order valence-corrected chi connectivity index (χ1v) is 9.09. The van der Waals surface area contributed by atoms with Crippen molar-refractivity contribution in [2.24, 2.45) is 0 Å². The van der Waals surface area contributed by atoms with Crippen LogP contribution in [-0.2, 0) is 15.6 Å². The Bertz CT molecular complexity index is 799. The largest absolute Gasteiger partial charge is 0.322 e. The third kappa shape index (κ3) is 5.02. The molecule has 0 aliphatic rings. The van der Waals surface area contributed by atoms with E-state index in [-0.39, 0.29) is 11.7 Å². The van der Waals surface area contributed by atoms with Gasteiger partial charge in [-0.3, -0.25) is 4.79 Å². The first kappa shape index (κ1) is 16.8. The third-order valence-corrected chi connectivity index (χ3v) is 4.03. The highest BCUT2D eigenvalue weighted by molar-refractivity contribution is 7.89. The Morgan fingerprint density at radius 1 is 1.09 bits per heavy atom. The van der Waals surface area contributed by atoms with Crippen LogP contribution in [0.4, 0.5) is 5.69 Å². The van der Waals surface area contributed by atoms with Crippen molar-refractivity contribution in [1.82, 2.24) is 0 Å². The number of benzene rings is 2. The smallest absolute Gasteiger partial charge is 0.255 e. The maximum absolute atomic E-state index is 12.2. The number of halogens is 2. The summed E-state index contributed by atoms with van der Waals surface area (Å²) in [7, 11) is -3.16. The van der Waals surface area contributed by atoms with E-state index in [0.717, 1.165) is 6.26 Å². The first-order chi connectivity index (χ1) is 10.2. The lowest BCUT2D eigenvalue weighted by Crippen LogP contribution is -2.12. The lowest BCUT2D eigenvalue weighted by molar-refractivity contribution is 0.102. The van der Waals surface area contributed by atoms with Crippen molar-refractivity contribution >= 4 is 44.6 Å². The zero-order valence-electron chi connectivity index (χ0n) is 11.6. The molecule has 0 aliphatic heterocycles. The predicted octanol–water partition coefficient (Wildman–Crippen LogP) is 3.79. The quantitative estimate of drug-likeness (QED) is 0.905. The zero-order valence-corrected chi connectivity index (χ0v) is 14.0. The molecule has 0 aromatic heterocycles. The van der Waals surface area contributed by atoms with E-state index >= 15 is 0 Å². The summed E-state index contributed by atoms with van der Waals surface area (Å²) in [5, 5.41) is 3.49. The van der Waals surface area contributed by atoms with E-state index < -0.39 is 9.84 Å². The van der Waals surface area contributed by atoms with E-state index in [1.165, 1.54) is 0 Å². The highest BCUT2D eigenvalue weighted by Crippen LogP contribution is 2.23. The van der Waals surface area contributed by atoms with Crippen LogP contribution in [0, 0.1) is 0 Å². The number of sulfone groups is 1. The van der Waals surface area contributed by atoms with Gasteiger partial charge in [0.1, 0.15) is 0 Å². The van der Waals surface area contributed by atoms with Crippen molar-refractivity contribution in [2.45, 2.75) is 5.75 Å². The number of hydrogen-bond donors (Lipinski definition) is 1. The summed E-state index contributed by atoms with van der Waals surface area (Å²) in [6.07, 6.45) is 1.15. The average molecular weight is 358 g/mol. The monoisotopic (exact) mass is 357 g/mol. The summed E-state index contributed by atoms with van der Waals surface area (Å²) in [6, 6.07) is 11.2. The fourth-order valence-corrected chi connectivity index (χ4v) is 3.25. The van der Waals surface area contributed by atoms with Gasteiger partial charge in [-0.25, -0.2) is 8.42 Å². The Labute approximate surface area is 139 Å². The molecule has 7 heteroatoms. The van der Waals surface area contributed by atoms with Gasteiger partial charge in [0.2, 0.25) is 0 Å². The molecule has 0 bridgehead atoms. The van der Waals surface area contributed by atoms with Crippen LogP contribution in [0.2, 0.25) is 10.0 Å². The molecule has 0 saturated heterocycles. The predicted molar refractivity (Wildman–Crippen MR) is 89.4 cm³/mol. The molecule has 1 amide bonds. The Morgan fingerprint density at radius 2 is 1.73 bits per heavy atom. The highest BCUT2D eigenvalue weighted by atomic mass is 35.5. The molecule has 4 nitrogen and oxygen atoms in total.